The Balaban J connectivity index is 3.03. The highest BCUT2D eigenvalue weighted by Gasteiger charge is 1.98. The summed E-state index contributed by atoms with van der Waals surface area (Å²) < 4.78 is 59.7. The summed E-state index contributed by atoms with van der Waals surface area (Å²) in [6.45, 7) is 17.1. The van der Waals surface area contributed by atoms with Gasteiger partial charge in [0.2, 0.25) is 0 Å². The Morgan fingerprint density at radius 1 is 0.359 bits per heavy atom. The summed E-state index contributed by atoms with van der Waals surface area (Å²) in [6.07, 6.45) is 1.13. The molecule has 236 valence electrons. The monoisotopic (exact) mass is 571 g/mol. The second kappa shape index (κ2) is 35.5. The van der Waals surface area contributed by atoms with E-state index in [0.29, 0.717) is 151 Å². The van der Waals surface area contributed by atoms with Crippen molar-refractivity contribution in [2.24, 2.45) is 11.7 Å². The van der Waals surface area contributed by atoms with Gasteiger partial charge in [0.25, 0.3) is 0 Å². The van der Waals surface area contributed by atoms with E-state index in [4.69, 9.17) is 57.8 Å². The molecule has 1 unspecified atom stereocenters. The van der Waals surface area contributed by atoms with E-state index in [1.807, 2.05) is 0 Å². The van der Waals surface area contributed by atoms with Crippen molar-refractivity contribution in [2.75, 3.05) is 152 Å². The second-order valence-electron chi connectivity index (χ2n) is 8.50. The molecule has 0 fully saturated rings. The molecular formula is C27H57NO11. The summed E-state index contributed by atoms with van der Waals surface area (Å²) in [7, 11) is 0. The van der Waals surface area contributed by atoms with Gasteiger partial charge in [0.15, 0.2) is 0 Å². The van der Waals surface area contributed by atoms with Gasteiger partial charge in [-0.05, 0) is 5.92 Å². The minimum absolute atomic E-state index is 0.520. The topological polar surface area (TPSA) is 128 Å². The van der Waals surface area contributed by atoms with Crippen LogP contribution in [0.3, 0.4) is 0 Å². The van der Waals surface area contributed by atoms with Crippen molar-refractivity contribution in [3.8, 4) is 0 Å². The van der Waals surface area contributed by atoms with Crippen LogP contribution in [-0.4, -0.2) is 152 Å². The summed E-state index contributed by atoms with van der Waals surface area (Å²) in [5, 5.41) is 0. The molecule has 0 rings (SSSR count). The zero-order chi connectivity index (χ0) is 28.3. The molecule has 0 aromatic rings. The minimum atomic E-state index is 0.520. The van der Waals surface area contributed by atoms with Gasteiger partial charge >= 0.3 is 0 Å². The predicted octanol–water partition coefficient (Wildman–Crippen LogP) is 1.17. The normalized spacial score (nSPS) is 12.4. The first-order chi connectivity index (χ1) is 19.3. The highest BCUT2D eigenvalue weighted by Crippen LogP contribution is 2.00. The molecule has 0 aliphatic carbocycles. The van der Waals surface area contributed by atoms with Crippen molar-refractivity contribution in [2.45, 2.75) is 20.3 Å². The lowest BCUT2D eigenvalue weighted by Crippen LogP contribution is -2.15. The third kappa shape index (κ3) is 35.5. The van der Waals surface area contributed by atoms with Gasteiger partial charge in [-0.15, -0.1) is 0 Å². The van der Waals surface area contributed by atoms with Gasteiger partial charge in [0, 0.05) is 13.2 Å². The van der Waals surface area contributed by atoms with Gasteiger partial charge in [-0.1, -0.05) is 20.3 Å². The van der Waals surface area contributed by atoms with Crippen LogP contribution in [0.1, 0.15) is 20.3 Å². The van der Waals surface area contributed by atoms with Gasteiger partial charge in [0.1, 0.15) is 0 Å². The molecule has 0 aromatic carbocycles. The summed E-state index contributed by atoms with van der Waals surface area (Å²) >= 11 is 0. The number of rotatable bonds is 35. The SMILES string of the molecule is CCC(C)COCCOCCOCCOCCOCCOCCOCCOCCOCCOCCOCCN. The highest BCUT2D eigenvalue weighted by atomic mass is 16.6. The van der Waals surface area contributed by atoms with Crippen LogP contribution in [0.15, 0.2) is 0 Å². The highest BCUT2D eigenvalue weighted by molar-refractivity contribution is 4.46. The Hall–Kier alpha value is -0.480. The van der Waals surface area contributed by atoms with Crippen molar-refractivity contribution < 1.29 is 52.1 Å². The van der Waals surface area contributed by atoms with Crippen molar-refractivity contribution >= 4 is 0 Å². The first-order valence-electron chi connectivity index (χ1n) is 14.4. The van der Waals surface area contributed by atoms with E-state index in [-0.39, 0.29) is 0 Å². The van der Waals surface area contributed by atoms with Crippen LogP contribution < -0.4 is 5.73 Å². The number of nitrogens with two attached hydrogens (primary N) is 1. The predicted molar refractivity (Wildman–Crippen MR) is 148 cm³/mol. The maximum atomic E-state index is 5.53. The second-order valence-corrected chi connectivity index (χ2v) is 8.50. The lowest BCUT2D eigenvalue weighted by atomic mass is 10.1. The Bertz CT molecular complexity index is 439. The van der Waals surface area contributed by atoms with Crippen molar-refractivity contribution in [1.82, 2.24) is 0 Å². The Labute approximate surface area is 236 Å². The number of hydrogen-bond acceptors (Lipinski definition) is 12. The van der Waals surface area contributed by atoms with Gasteiger partial charge in [-0.3, -0.25) is 0 Å². The van der Waals surface area contributed by atoms with Crippen molar-refractivity contribution in [3.63, 3.8) is 0 Å². The molecule has 12 heteroatoms. The van der Waals surface area contributed by atoms with Crippen LogP contribution in [0.2, 0.25) is 0 Å². The number of hydrogen-bond donors (Lipinski definition) is 1. The third-order valence-corrected chi connectivity index (χ3v) is 5.08. The van der Waals surface area contributed by atoms with Gasteiger partial charge in [-0.2, -0.15) is 0 Å². The van der Waals surface area contributed by atoms with Crippen LogP contribution in [0, 0.1) is 5.92 Å². The van der Waals surface area contributed by atoms with E-state index in [0.717, 1.165) is 13.0 Å². The first kappa shape index (κ1) is 38.5. The van der Waals surface area contributed by atoms with E-state index in [9.17, 15) is 0 Å². The third-order valence-electron chi connectivity index (χ3n) is 5.08. The minimum Gasteiger partial charge on any atom is -0.379 e. The zero-order valence-corrected chi connectivity index (χ0v) is 24.6. The first-order valence-corrected chi connectivity index (χ1v) is 14.4. The van der Waals surface area contributed by atoms with Gasteiger partial charge in [-0.25, -0.2) is 0 Å². The molecule has 39 heavy (non-hydrogen) atoms. The van der Waals surface area contributed by atoms with E-state index in [1.165, 1.54) is 0 Å². The summed E-state index contributed by atoms with van der Waals surface area (Å²) in [5.74, 6) is 0.600. The summed E-state index contributed by atoms with van der Waals surface area (Å²) in [6, 6.07) is 0. The zero-order valence-electron chi connectivity index (χ0n) is 24.6. The molecule has 2 N–H and O–H groups in total. The Morgan fingerprint density at radius 3 is 0.769 bits per heavy atom. The lowest BCUT2D eigenvalue weighted by Gasteiger charge is -2.10. The van der Waals surface area contributed by atoms with Crippen molar-refractivity contribution in [3.05, 3.63) is 0 Å². The molecule has 0 saturated heterocycles. The fourth-order valence-electron chi connectivity index (χ4n) is 2.68. The van der Waals surface area contributed by atoms with E-state index in [1.54, 1.807) is 0 Å². The van der Waals surface area contributed by atoms with Crippen LogP contribution in [0.4, 0.5) is 0 Å². The molecule has 0 radical (unpaired) electrons. The molecule has 0 aliphatic heterocycles. The standard InChI is InChI=1S/C27H57NO11/c1-3-27(2)26-39-25-24-38-23-22-37-21-20-36-19-18-35-17-16-34-15-14-33-13-12-32-11-10-31-9-8-30-7-6-29-5-4-28/h27H,3-26,28H2,1-2H3. The molecule has 0 spiro atoms. The fourth-order valence-corrected chi connectivity index (χ4v) is 2.68. The fraction of sp³-hybridized carbons (Fsp3) is 1.00. The maximum Gasteiger partial charge on any atom is 0.0701 e. The molecular weight excluding hydrogens is 514 g/mol. The van der Waals surface area contributed by atoms with Crippen molar-refractivity contribution in [1.29, 1.82) is 0 Å². The summed E-state index contributed by atoms with van der Waals surface area (Å²) in [5.41, 5.74) is 5.32. The Kier molecular flexibility index (Phi) is 35.1. The van der Waals surface area contributed by atoms with Crippen LogP contribution >= 0.6 is 0 Å². The smallest absolute Gasteiger partial charge is 0.0701 e. The molecule has 1 atom stereocenters. The maximum absolute atomic E-state index is 5.53. The average molecular weight is 572 g/mol. The molecule has 0 saturated carbocycles. The summed E-state index contributed by atoms with van der Waals surface area (Å²) in [4.78, 5) is 0. The van der Waals surface area contributed by atoms with Crippen LogP contribution in [0.25, 0.3) is 0 Å². The van der Waals surface area contributed by atoms with Crippen LogP contribution in [0.5, 0.6) is 0 Å². The molecule has 0 bridgehead atoms. The molecule has 0 aromatic heterocycles. The average Bonchev–Trinajstić information content (AvgIpc) is 2.95. The molecule has 0 aliphatic rings. The van der Waals surface area contributed by atoms with Gasteiger partial charge in [0.05, 0.1) is 139 Å². The quantitative estimate of drug-likeness (QED) is 0.110. The molecule has 0 amide bonds. The molecule has 0 heterocycles. The van der Waals surface area contributed by atoms with E-state index < -0.39 is 0 Å². The van der Waals surface area contributed by atoms with Gasteiger partial charge < -0.3 is 57.8 Å². The lowest BCUT2D eigenvalue weighted by molar-refractivity contribution is -0.0277. The molecule has 12 nitrogen and oxygen atoms in total. The Morgan fingerprint density at radius 2 is 0.564 bits per heavy atom. The van der Waals surface area contributed by atoms with E-state index >= 15 is 0 Å². The number of ether oxygens (including phenoxy) is 11. The van der Waals surface area contributed by atoms with Crippen LogP contribution in [-0.2, 0) is 52.1 Å². The van der Waals surface area contributed by atoms with E-state index in [2.05, 4.69) is 13.8 Å². The largest absolute Gasteiger partial charge is 0.379 e.